The van der Waals surface area contributed by atoms with Gasteiger partial charge in [-0.05, 0) is 38.1 Å². The van der Waals surface area contributed by atoms with E-state index in [9.17, 15) is 9.18 Å². The van der Waals surface area contributed by atoms with E-state index in [0.717, 1.165) is 36.7 Å². The molecular weight excluding hydrogens is 325 g/mol. The topological polar surface area (TPSA) is 58.8 Å². The number of amides is 1. The third-order valence-electron chi connectivity index (χ3n) is 4.46. The molecule has 1 aliphatic heterocycles. The number of ether oxygens (including phenoxy) is 1. The fourth-order valence-corrected chi connectivity index (χ4v) is 2.87. The van der Waals surface area contributed by atoms with E-state index in [4.69, 9.17) is 9.26 Å². The molecule has 0 radical (unpaired) electrons. The highest BCUT2D eigenvalue weighted by Crippen LogP contribution is 2.16. The predicted octanol–water partition coefficient (Wildman–Crippen LogP) is 2.15. The van der Waals surface area contributed by atoms with Crippen LogP contribution in [0, 0.1) is 19.7 Å². The molecule has 0 unspecified atom stereocenters. The summed E-state index contributed by atoms with van der Waals surface area (Å²) in [6, 6.07) is 5.66. The summed E-state index contributed by atoms with van der Waals surface area (Å²) >= 11 is 0. The number of piperazine rings is 1. The van der Waals surface area contributed by atoms with Crippen molar-refractivity contribution in [2.75, 3.05) is 32.8 Å². The van der Waals surface area contributed by atoms with Gasteiger partial charge in [0.2, 0.25) is 0 Å². The van der Waals surface area contributed by atoms with Gasteiger partial charge in [0.05, 0.1) is 5.69 Å². The van der Waals surface area contributed by atoms with Crippen LogP contribution in [0.4, 0.5) is 4.39 Å². The zero-order valence-electron chi connectivity index (χ0n) is 14.5. The van der Waals surface area contributed by atoms with Crippen molar-refractivity contribution in [3.8, 4) is 5.75 Å². The Balaban J connectivity index is 1.45. The van der Waals surface area contributed by atoms with Crippen molar-refractivity contribution in [2.24, 2.45) is 0 Å². The molecule has 1 saturated heterocycles. The number of nitrogens with zero attached hydrogens (tertiary/aromatic N) is 3. The first kappa shape index (κ1) is 17.4. The Morgan fingerprint density at radius 2 is 1.88 bits per heavy atom. The molecule has 0 bridgehead atoms. The van der Waals surface area contributed by atoms with Crippen LogP contribution in [0.15, 0.2) is 28.8 Å². The first-order valence-electron chi connectivity index (χ1n) is 8.33. The van der Waals surface area contributed by atoms with Gasteiger partial charge in [-0.1, -0.05) is 5.16 Å². The first-order valence-corrected chi connectivity index (χ1v) is 8.33. The van der Waals surface area contributed by atoms with Gasteiger partial charge in [0.1, 0.15) is 17.3 Å². The van der Waals surface area contributed by atoms with Crippen molar-refractivity contribution < 1.29 is 18.4 Å². The average Bonchev–Trinajstić information content (AvgIpc) is 2.93. The smallest absolute Gasteiger partial charge is 0.260 e. The number of rotatable bonds is 5. The van der Waals surface area contributed by atoms with E-state index in [1.54, 1.807) is 4.90 Å². The summed E-state index contributed by atoms with van der Waals surface area (Å²) < 4.78 is 23.5. The van der Waals surface area contributed by atoms with Crippen LogP contribution in [-0.4, -0.2) is 53.6 Å². The van der Waals surface area contributed by atoms with Gasteiger partial charge in [0.15, 0.2) is 6.61 Å². The molecule has 134 valence electrons. The Kier molecular flexibility index (Phi) is 5.33. The Bertz CT molecular complexity index is 702. The maximum Gasteiger partial charge on any atom is 0.260 e. The molecule has 7 heteroatoms. The molecule has 0 spiro atoms. The lowest BCUT2D eigenvalue weighted by molar-refractivity contribution is -0.135. The summed E-state index contributed by atoms with van der Waals surface area (Å²) in [6.07, 6.45) is 0. The van der Waals surface area contributed by atoms with Crippen LogP contribution in [0.3, 0.4) is 0 Å². The van der Waals surface area contributed by atoms with E-state index < -0.39 is 0 Å². The number of halogens is 1. The SMILES string of the molecule is Cc1noc(C)c1CN1CCN(C(=O)COc2ccc(F)cc2)CC1. The molecule has 0 N–H and O–H groups in total. The second-order valence-electron chi connectivity index (χ2n) is 6.20. The van der Waals surface area contributed by atoms with Crippen molar-refractivity contribution in [1.82, 2.24) is 15.0 Å². The molecule has 25 heavy (non-hydrogen) atoms. The lowest BCUT2D eigenvalue weighted by Gasteiger charge is -2.34. The van der Waals surface area contributed by atoms with Crippen LogP contribution in [0.25, 0.3) is 0 Å². The van der Waals surface area contributed by atoms with Gasteiger partial charge < -0.3 is 14.2 Å². The van der Waals surface area contributed by atoms with Crippen LogP contribution >= 0.6 is 0 Å². The van der Waals surface area contributed by atoms with Crippen molar-refractivity contribution in [1.29, 1.82) is 0 Å². The quantitative estimate of drug-likeness (QED) is 0.829. The largest absolute Gasteiger partial charge is 0.484 e. The maximum atomic E-state index is 12.9. The fourth-order valence-electron chi connectivity index (χ4n) is 2.87. The molecule has 1 aromatic heterocycles. The highest BCUT2D eigenvalue weighted by atomic mass is 19.1. The van der Waals surface area contributed by atoms with Crippen molar-refractivity contribution in [3.63, 3.8) is 0 Å². The summed E-state index contributed by atoms with van der Waals surface area (Å²) in [7, 11) is 0. The molecule has 6 nitrogen and oxygen atoms in total. The monoisotopic (exact) mass is 347 g/mol. The lowest BCUT2D eigenvalue weighted by Crippen LogP contribution is -2.49. The van der Waals surface area contributed by atoms with Crippen LogP contribution in [0.1, 0.15) is 17.0 Å². The number of carbonyl (C=O) groups excluding carboxylic acids is 1. The summed E-state index contributed by atoms with van der Waals surface area (Å²) in [6.45, 7) is 7.54. The number of carbonyl (C=O) groups is 1. The molecule has 1 aromatic carbocycles. The average molecular weight is 347 g/mol. The third kappa shape index (κ3) is 4.36. The molecule has 0 saturated carbocycles. The minimum atomic E-state index is -0.326. The first-order chi connectivity index (χ1) is 12.0. The van der Waals surface area contributed by atoms with Crippen LogP contribution in [0.5, 0.6) is 5.75 Å². The lowest BCUT2D eigenvalue weighted by atomic mass is 10.2. The Labute approximate surface area is 146 Å². The number of hydrogen-bond donors (Lipinski definition) is 0. The molecule has 1 amide bonds. The molecule has 1 fully saturated rings. The van der Waals surface area contributed by atoms with Gasteiger partial charge in [0, 0.05) is 38.3 Å². The minimum Gasteiger partial charge on any atom is -0.484 e. The Hall–Kier alpha value is -2.41. The van der Waals surface area contributed by atoms with Crippen LogP contribution in [-0.2, 0) is 11.3 Å². The summed E-state index contributed by atoms with van der Waals surface area (Å²) in [4.78, 5) is 16.3. The Morgan fingerprint density at radius 3 is 2.48 bits per heavy atom. The van der Waals surface area contributed by atoms with Gasteiger partial charge in [-0.25, -0.2) is 4.39 Å². The van der Waals surface area contributed by atoms with Gasteiger partial charge in [0.25, 0.3) is 5.91 Å². The van der Waals surface area contributed by atoms with E-state index in [1.165, 1.54) is 24.3 Å². The van der Waals surface area contributed by atoms with Crippen molar-refractivity contribution in [3.05, 3.63) is 47.1 Å². The van der Waals surface area contributed by atoms with E-state index in [0.29, 0.717) is 18.8 Å². The van der Waals surface area contributed by atoms with Gasteiger partial charge in [-0.2, -0.15) is 0 Å². The summed E-state index contributed by atoms with van der Waals surface area (Å²) in [5.74, 6) is 0.963. The highest BCUT2D eigenvalue weighted by Gasteiger charge is 2.23. The molecule has 0 atom stereocenters. The normalized spacial score (nSPS) is 15.4. The zero-order valence-corrected chi connectivity index (χ0v) is 14.5. The fraction of sp³-hybridized carbons (Fsp3) is 0.444. The second-order valence-corrected chi connectivity index (χ2v) is 6.20. The molecule has 3 rings (SSSR count). The molecule has 0 aliphatic carbocycles. The molecular formula is C18H22FN3O3. The predicted molar refractivity (Wildman–Crippen MR) is 89.7 cm³/mol. The zero-order chi connectivity index (χ0) is 17.8. The number of hydrogen-bond acceptors (Lipinski definition) is 5. The highest BCUT2D eigenvalue weighted by molar-refractivity contribution is 5.77. The minimum absolute atomic E-state index is 0.0322. The van der Waals surface area contributed by atoms with E-state index in [2.05, 4.69) is 10.1 Å². The molecule has 1 aliphatic rings. The maximum absolute atomic E-state index is 12.9. The Morgan fingerprint density at radius 1 is 1.20 bits per heavy atom. The van der Waals surface area contributed by atoms with E-state index >= 15 is 0 Å². The second kappa shape index (κ2) is 7.65. The van der Waals surface area contributed by atoms with Crippen molar-refractivity contribution >= 4 is 5.91 Å². The molecule has 2 heterocycles. The van der Waals surface area contributed by atoms with Crippen LogP contribution in [0.2, 0.25) is 0 Å². The number of aryl methyl sites for hydroxylation is 2. The molecule has 2 aromatic rings. The van der Waals surface area contributed by atoms with Gasteiger partial charge >= 0.3 is 0 Å². The van der Waals surface area contributed by atoms with Crippen LogP contribution < -0.4 is 4.74 Å². The number of benzene rings is 1. The van der Waals surface area contributed by atoms with Gasteiger partial charge in [-0.3, -0.25) is 9.69 Å². The summed E-state index contributed by atoms with van der Waals surface area (Å²) in [5.41, 5.74) is 2.04. The van der Waals surface area contributed by atoms with E-state index in [1.807, 2.05) is 13.8 Å². The number of aromatic nitrogens is 1. The summed E-state index contributed by atoms with van der Waals surface area (Å²) in [5, 5.41) is 3.98. The van der Waals surface area contributed by atoms with Crippen molar-refractivity contribution in [2.45, 2.75) is 20.4 Å². The van der Waals surface area contributed by atoms with E-state index in [-0.39, 0.29) is 18.3 Å². The standard InChI is InChI=1S/C18H22FN3O3/c1-13-17(14(2)25-20-13)11-21-7-9-22(10-8-21)18(23)12-24-16-5-3-15(19)4-6-16/h3-6H,7-12H2,1-2H3. The third-order valence-corrected chi connectivity index (χ3v) is 4.46. The van der Waals surface area contributed by atoms with Gasteiger partial charge in [-0.15, -0.1) is 0 Å².